The summed E-state index contributed by atoms with van der Waals surface area (Å²) in [5.41, 5.74) is 15.3. The Hall–Kier alpha value is -2.12. The van der Waals surface area contributed by atoms with Crippen LogP contribution in [0.25, 0.3) is 17.2 Å². The van der Waals surface area contributed by atoms with Crippen molar-refractivity contribution in [3.63, 3.8) is 0 Å². The van der Waals surface area contributed by atoms with E-state index < -0.39 is 0 Å². The van der Waals surface area contributed by atoms with Crippen LogP contribution in [-0.2, 0) is 19.4 Å². The van der Waals surface area contributed by atoms with Crippen LogP contribution in [0.3, 0.4) is 0 Å². The van der Waals surface area contributed by atoms with Gasteiger partial charge in [-0.2, -0.15) is 0 Å². The average molecular weight is 289 g/mol. The third-order valence-electron chi connectivity index (χ3n) is 4.40. The van der Waals surface area contributed by atoms with Gasteiger partial charge in [-0.25, -0.2) is 0 Å². The molecule has 0 radical (unpaired) electrons. The quantitative estimate of drug-likeness (QED) is 0.779. The fraction of sp³-hybridized carbons (Fsp3) is 0.238. The van der Waals surface area contributed by atoms with Gasteiger partial charge in [0.1, 0.15) is 0 Å². The maximum Gasteiger partial charge on any atom is 0.0178 e. The van der Waals surface area contributed by atoms with E-state index in [1.165, 1.54) is 39.0 Å². The van der Waals surface area contributed by atoms with Crippen LogP contribution in [0.4, 0.5) is 0 Å². The maximum atomic E-state index is 5.81. The highest BCUT2D eigenvalue weighted by molar-refractivity contribution is 5.78. The number of rotatable bonds is 5. The van der Waals surface area contributed by atoms with Crippen LogP contribution in [0.15, 0.2) is 54.6 Å². The molecule has 22 heavy (non-hydrogen) atoms. The summed E-state index contributed by atoms with van der Waals surface area (Å²) in [7, 11) is 0. The number of hydrogen-bond acceptors (Lipinski definition) is 1. The van der Waals surface area contributed by atoms with Gasteiger partial charge in [-0.1, -0.05) is 55.0 Å². The standard InChI is InChI=1S/C21H23N/c1-3-6-16-10-19-9-15(4-2)12-20(21(19)13-16)18-8-5-7-17(11-18)14-22/h3,5,7-12H,1,4,6,13-14,22H2,2H3. The van der Waals surface area contributed by atoms with Crippen molar-refractivity contribution < 1.29 is 0 Å². The van der Waals surface area contributed by atoms with Crippen molar-refractivity contribution in [1.82, 2.24) is 0 Å². The van der Waals surface area contributed by atoms with E-state index in [1.54, 1.807) is 0 Å². The third kappa shape index (κ3) is 2.77. The van der Waals surface area contributed by atoms with Gasteiger partial charge in [0.2, 0.25) is 0 Å². The molecule has 0 heterocycles. The van der Waals surface area contributed by atoms with Crippen molar-refractivity contribution in [3.8, 4) is 11.1 Å². The molecule has 1 heteroatoms. The summed E-state index contributed by atoms with van der Waals surface area (Å²) in [4.78, 5) is 0. The first-order valence-electron chi connectivity index (χ1n) is 8.00. The Morgan fingerprint density at radius 1 is 1.18 bits per heavy atom. The monoisotopic (exact) mass is 289 g/mol. The lowest BCUT2D eigenvalue weighted by Crippen LogP contribution is -1.98. The highest BCUT2D eigenvalue weighted by atomic mass is 14.5. The molecule has 0 aliphatic heterocycles. The lowest BCUT2D eigenvalue weighted by Gasteiger charge is -2.13. The molecule has 0 fully saturated rings. The van der Waals surface area contributed by atoms with E-state index >= 15 is 0 Å². The first-order chi connectivity index (χ1) is 10.7. The van der Waals surface area contributed by atoms with E-state index in [-0.39, 0.29) is 0 Å². The molecule has 2 aromatic carbocycles. The summed E-state index contributed by atoms with van der Waals surface area (Å²) in [6.45, 7) is 6.67. The zero-order chi connectivity index (χ0) is 15.5. The first-order valence-corrected chi connectivity index (χ1v) is 8.00. The Morgan fingerprint density at radius 3 is 2.77 bits per heavy atom. The summed E-state index contributed by atoms with van der Waals surface area (Å²) >= 11 is 0. The number of nitrogens with two attached hydrogens (primary N) is 1. The Bertz CT molecular complexity index is 738. The van der Waals surface area contributed by atoms with Crippen molar-refractivity contribution in [3.05, 3.63) is 76.9 Å². The van der Waals surface area contributed by atoms with Crippen LogP contribution >= 0.6 is 0 Å². The van der Waals surface area contributed by atoms with Gasteiger partial charge >= 0.3 is 0 Å². The molecule has 2 aromatic rings. The lowest BCUT2D eigenvalue weighted by molar-refractivity contribution is 1.07. The van der Waals surface area contributed by atoms with Crippen LogP contribution in [0.5, 0.6) is 0 Å². The predicted octanol–water partition coefficient (Wildman–Crippen LogP) is 4.89. The van der Waals surface area contributed by atoms with Crippen LogP contribution in [0.1, 0.15) is 35.6 Å². The second kappa shape index (κ2) is 6.33. The summed E-state index contributed by atoms with van der Waals surface area (Å²) in [5.74, 6) is 0. The van der Waals surface area contributed by atoms with E-state index in [2.05, 4.69) is 56.0 Å². The normalized spacial score (nSPS) is 12.9. The van der Waals surface area contributed by atoms with Crippen molar-refractivity contribution in [2.24, 2.45) is 5.73 Å². The SMILES string of the molecule is C=CCC1=Cc2cc(CC)cc(-c3cccc(CN)c3)c2C1. The predicted molar refractivity (Wildman–Crippen MR) is 95.6 cm³/mol. The smallest absolute Gasteiger partial charge is 0.0178 e. The van der Waals surface area contributed by atoms with Gasteiger partial charge < -0.3 is 5.73 Å². The van der Waals surface area contributed by atoms with E-state index in [0.29, 0.717) is 6.54 Å². The molecular formula is C21H23N. The minimum absolute atomic E-state index is 0.587. The molecule has 0 saturated carbocycles. The molecule has 2 N–H and O–H groups in total. The maximum absolute atomic E-state index is 5.81. The van der Waals surface area contributed by atoms with Crippen LogP contribution < -0.4 is 5.73 Å². The molecule has 1 aliphatic carbocycles. The fourth-order valence-corrected chi connectivity index (χ4v) is 3.22. The Labute approximate surface area is 133 Å². The average Bonchev–Trinajstić information content (AvgIpc) is 2.96. The lowest BCUT2D eigenvalue weighted by atomic mass is 9.92. The first kappa shape index (κ1) is 14.8. The summed E-state index contributed by atoms with van der Waals surface area (Å²) in [6, 6.07) is 13.3. The van der Waals surface area contributed by atoms with E-state index in [1.807, 2.05) is 6.08 Å². The molecule has 3 rings (SSSR count). The van der Waals surface area contributed by atoms with Gasteiger partial charge in [0.25, 0.3) is 0 Å². The molecule has 1 nitrogen and oxygen atoms in total. The van der Waals surface area contributed by atoms with Crippen LogP contribution in [0, 0.1) is 0 Å². The molecule has 0 atom stereocenters. The van der Waals surface area contributed by atoms with Gasteiger partial charge in [0.05, 0.1) is 0 Å². The van der Waals surface area contributed by atoms with Gasteiger partial charge in [0, 0.05) is 6.54 Å². The molecule has 0 aromatic heterocycles. The van der Waals surface area contributed by atoms with Crippen molar-refractivity contribution >= 4 is 6.08 Å². The van der Waals surface area contributed by atoms with Crippen molar-refractivity contribution in [1.29, 1.82) is 0 Å². The third-order valence-corrected chi connectivity index (χ3v) is 4.40. The van der Waals surface area contributed by atoms with E-state index in [4.69, 9.17) is 5.73 Å². The molecule has 0 bridgehead atoms. The number of aryl methyl sites for hydroxylation is 1. The molecular weight excluding hydrogens is 266 g/mol. The fourth-order valence-electron chi connectivity index (χ4n) is 3.22. The highest BCUT2D eigenvalue weighted by Gasteiger charge is 2.17. The van der Waals surface area contributed by atoms with Gasteiger partial charge in [0.15, 0.2) is 0 Å². The number of allylic oxidation sites excluding steroid dienone is 2. The summed E-state index contributed by atoms with van der Waals surface area (Å²) in [6.07, 6.45) is 7.40. The van der Waals surface area contributed by atoms with Gasteiger partial charge in [-0.05, 0) is 58.7 Å². The number of fused-ring (bicyclic) bond motifs is 1. The Balaban J connectivity index is 2.10. The van der Waals surface area contributed by atoms with Crippen LogP contribution in [0.2, 0.25) is 0 Å². The van der Waals surface area contributed by atoms with Gasteiger partial charge in [-0.15, -0.1) is 6.58 Å². The van der Waals surface area contributed by atoms with E-state index in [9.17, 15) is 0 Å². The molecule has 112 valence electrons. The summed E-state index contributed by atoms with van der Waals surface area (Å²) in [5, 5.41) is 0. The van der Waals surface area contributed by atoms with Crippen molar-refractivity contribution in [2.75, 3.05) is 0 Å². The molecule has 1 aliphatic rings. The minimum atomic E-state index is 0.587. The second-order valence-electron chi connectivity index (χ2n) is 5.94. The topological polar surface area (TPSA) is 26.0 Å². The van der Waals surface area contributed by atoms with Crippen LogP contribution in [-0.4, -0.2) is 0 Å². The van der Waals surface area contributed by atoms with Gasteiger partial charge in [-0.3, -0.25) is 0 Å². The zero-order valence-corrected chi connectivity index (χ0v) is 13.2. The number of hydrogen-bond donors (Lipinski definition) is 1. The second-order valence-corrected chi connectivity index (χ2v) is 5.94. The highest BCUT2D eigenvalue weighted by Crippen LogP contribution is 2.36. The van der Waals surface area contributed by atoms with E-state index in [0.717, 1.165) is 19.3 Å². The minimum Gasteiger partial charge on any atom is -0.326 e. The molecule has 0 spiro atoms. The Kier molecular flexibility index (Phi) is 4.26. The molecule has 0 unspecified atom stereocenters. The van der Waals surface area contributed by atoms with Crippen molar-refractivity contribution in [2.45, 2.75) is 32.7 Å². The Morgan fingerprint density at radius 2 is 2.05 bits per heavy atom. The number of benzene rings is 2. The molecule has 0 saturated heterocycles. The zero-order valence-electron chi connectivity index (χ0n) is 13.2. The molecule has 0 amide bonds. The largest absolute Gasteiger partial charge is 0.326 e. The summed E-state index contributed by atoms with van der Waals surface area (Å²) < 4.78 is 0.